The summed E-state index contributed by atoms with van der Waals surface area (Å²) in [7, 11) is 0. The molecule has 1 aromatic heterocycles. The van der Waals surface area contributed by atoms with E-state index in [2.05, 4.69) is 20.6 Å². The standard InChI is InChI=1S/C19H23N5O3/c1-2-27-19(26)24-10-8-15(9-11-24)23-18(25)16-12-21-17(13-20-16)22-14-6-4-3-5-7-14/h3-7,12-13,15H,2,8-11H2,1H3,(H,21,22)(H,23,25). The molecule has 2 N–H and O–H groups in total. The molecule has 3 rings (SSSR count). The van der Waals surface area contributed by atoms with Crippen LogP contribution in [0.2, 0.25) is 0 Å². The van der Waals surface area contributed by atoms with Gasteiger partial charge in [-0.1, -0.05) is 18.2 Å². The maximum Gasteiger partial charge on any atom is 0.409 e. The van der Waals surface area contributed by atoms with Crippen LogP contribution in [-0.2, 0) is 4.74 Å². The van der Waals surface area contributed by atoms with Gasteiger partial charge in [-0.2, -0.15) is 0 Å². The maximum absolute atomic E-state index is 12.4. The summed E-state index contributed by atoms with van der Waals surface area (Å²) in [5.74, 6) is 0.309. The quantitative estimate of drug-likeness (QED) is 0.841. The molecule has 8 heteroatoms. The number of likely N-dealkylation sites (tertiary alicyclic amines) is 1. The van der Waals surface area contributed by atoms with Crippen LogP contribution in [0.15, 0.2) is 42.7 Å². The van der Waals surface area contributed by atoms with E-state index in [1.807, 2.05) is 30.3 Å². The number of nitrogens with zero attached hydrogens (tertiary/aromatic N) is 3. The van der Waals surface area contributed by atoms with E-state index in [9.17, 15) is 9.59 Å². The van der Waals surface area contributed by atoms with Gasteiger partial charge in [-0.15, -0.1) is 0 Å². The monoisotopic (exact) mass is 369 g/mol. The summed E-state index contributed by atoms with van der Waals surface area (Å²) in [4.78, 5) is 34.2. The first-order valence-corrected chi connectivity index (χ1v) is 9.02. The second-order valence-electron chi connectivity index (χ2n) is 6.21. The van der Waals surface area contributed by atoms with Crippen molar-refractivity contribution in [2.75, 3.05) is 25.0 Å². The number of aromatic nitrogens is 2. The Hall–Kier alpha value is -3.16. The first-order chi connectivity index (χ1) is 13.2. The van der Waals surface area contributed by atoms with Gasteiger partial charge in [0.25, 0.3) is 5.91 Å². The van der Waals surface area contributed by atoms with Crippen molar-refractivity contribution in [2.45, 2.75) is 25.8 Å². The molecule has 0 spiro atoms. The van der Waals surface area contributed by atoms with E-state index < -0.39 is 0 Å². The lowest BCUT2D eigenvalue weighted by Crippen LogP contribution is -2.46. The third-order valence-electron chi connectivity index (χ3n) is 4.29. The van der Waals surface area contributed by atoms with Crippen molar-refractivity contribution in [1.82, 2.24) is 20.2 Å². The molecule has 0 saturated carbocycles. The van der Waals surface area contributed by atoms with Crippen molar-refractivity contribution in [3.8, 4) is 0 Å². The molecule has 2 amide bonds. The van der Waals surface area contributed by atoms with Crippen LogP contribution in [0.1, 0.15) is 30.3 Å². The minimum atomic E-state index is -0.297. The molecule has 27 heavy (non-hydrogen) atoms. The van der Waals surface area contributed by atoms with E-state index in [0.29, 0.717) is 38.4 Å². The summed E-state index contributed by atoms with van der Waals surface area (Å²) in [6.07, 6.45) is 4.06. The predicted molar refractivity (Wildman–Crippen MR) is 101 cm³/mol. The van der Waals surface area contributed by atoms with Crippen LogP contribution in [0.3, 0.4) is 0 Å². The normalized spacial score (nSPS) is 14.5. The fourth-order valence-electron chi connectivity index (χ4n) is 2.86. The van der Waals surface area contributed by atoms with E-state index in [0.717, 1.165) is 5.69 Å². The van der Waals surface area contributed by atoms with Crippen LogP contribution in [0.25, 0.3) is 0 Å². The van der Waals surface area contributed by atoms with Gasteiger partial charge in [0.2, 0.25) is 0 Å². The highest BCUT2D eigenvalue weighted by Crippen LogP contribution is 2.14. The average Bonchev–Trinajstić information content (AvgIpc) is 2.70. The second-order valence-corrected chi connectivity index (χ2v) is 6.21. The molecular weight excluding hydrogens is 346 g/mol. The number of para-hydroxylation sites is 1. The molecule has 1 fully saturated rings. The zero-order chi connectivity index (χ0) is 19.1. The molecule has 1 aliphatic heterocycles. The molecule has 1 aromatic carbocycles. The first-order valence-electron chi connectivity index (χ1n) is 9.02. The molecule has 0 radical (unpaired) electrons. The van der Waals surface area contributed by atoms with Gasteiger partial charge in [0, 0.05) is 24.8 Å². The Morgan fingerprint density at radius 2 is 1.89 bits per heavy atom. The van der Waals surface area contributed by atoms with Crippen molar-refractivity contribution in [3.63, 3.8) is 0 Å². The second kappa shape index (κ2) is 8.98. The van der Waals surface area contributed by atoms with Gasteiger partial charge in [-0.25, -0.2) is 14.8 Å². The molecule has 0 unspecified atom stereocenters. The Kier molecular flexibility index (Phi) is 6.19. The lowest BCUT2D eigenvalue weighted by molar-refractivity contribution is 0.0856. The number of piperidine rings is 1. The van der Waals surface area contributed by atoms with Crippen LogP contribution in [0, 0.1) is 0 Å². The van der Waals surface area contributed by atoms with E-state index in [1.165, 1.54) is 12.4 Å². The topological polar surface area (TPSA) is 96.5 Å². The number of nitrogens with one attached hydrogen (secondary N) is 2. The molecule has 0 aliphatic carbocycles. The molecule has 142 valence electrons. The van der Waals surface area contributed by atoms with E-state index in [1.54, 1.807) is 11.8 Å². The highest BCUT2D eigenvalue weighted by atomic mass is 16.6. The van der Waals surface area contributed by atoms with Crippen LogP contribution in [-0.4, -0.2) is 52.6 Å². The Labute approximate surface area is 158 Å². The highest BCUT2D eigenvalue weighted by Gasteiger charge is 2.25. The molecule has 0 bridgehead atoms. The largest absolute Gasteiger partial charge is 0.450 e. The number of anilines is 2. The maximum atomic E-state index is 12.4. The minimum Gasteiger partial charge on any atom is -0.450 e. The predicted octanol–water partition coefficient (Wildman–Crippen LogP) is 2.57. The van der Waals surface area contributed by atoms with Crippen LogP contribution < -0.4 is 10.6 Å². The number of rotatable bonds is 5. The summed E-state index contributed by atoms with van der Waals surface area (Å²) in [6, 6.07) is 9.62. The van der Waals surface area contributed by atoms with E-state index in [4.69, 9.17) is 4.74 Å². The zero-order valence-electron chi connectivity index (χ0n) is 15.2. The van der Waals surface area contributed by atoms with Gasteiger partial charge < -0.3 is 20.3 Å². The molecule has 1 saturated heterocycles. The number of carbonyl (C=O) groups excluding carboxylic acids is 2. The van der Waals surface area contributed by atoms with Crippen LogP contribution in [0.4, 0.5) is 16.3 Å². The number of ether oxygens (including phenoxy) is 1. The molecule has 1 aliphatic rings. The van der Waals surface area contributed by atoms with Crippen molar-refractivity contribution in [1.29, 1.82) is 0 Å². The Balaban J connectivity index is 1.49. The number of hydrogen-bond donors (Lipinski definition) is 2. The van der Waals surface area contributed by atoms with E-state index >= 15 is 0 Å². The Bertz CT molecular complexity index is 759. The SMILES string of the molecule is CCOC(=O)N1CCC(NC(=O)c2cnc(Nc3ccccc3)cn2)CC1. The average molecular weight is 369 g/mol. The van der Waals surface area contributed by atoms with Gasteiger partial charge in [0.15, 0.2) is 0 Å². The summed E-state index contributed by atoms with van der Waals surface area (Å²) >= 11 is 0. The molecule has 2 heterocycles. The van der Waals surface area contributed by atoms with Crippen LogP contribution >= 0.6 is 0 Å². The van der Waals surface area contributed by atoms with Crippen molar-refractivity contribution in [3.05, 3.63) is 48.4 Å². The fraction of sp³-hybridized carbons (Fsp3) is 0.368. The van der Waals surface area contributed by atoms with Gasteiger partial charge >= 0.3 is 6.09 Å². The molecule has 2 aromatic rings. The van der Waals surface area contributed by atoms with Gasteiger partial charge in [-0.05, 0) is 31.9 Å². The van der Waals surface area contributed by atoms with Crippen molar-refractivity contribution < 1.29 is 14.3 Å². The van der Waals surface area contributed by atoms with Crippen molar-refractivity contribution in [2.24, 2.45) is 0 Å². The highest BCUT2D eigenvalue weighted by molar-refractivity contribution is 5.92. The Morgan fingerprint density at radius 1 is 1.15 bits per heavy atom. The molecular formula is C19H23N5O3. The fourth-order valence-corrected chi connectivity index (χ4v) is 2.86. The number of carbonyl (C=O) groups is 2. The van der Waals surface area contributed by atoms with Crippen LogP contribution in [0.5, 0.6) is 0 Å². The summed E-state index contributed by atoms with van der Waals surface area (Å²) in [6.45, 7) is 3.28. The van der Waals surface area contributed by atoms with E-state index in [-0.39, 0.29) is 23.7 Å². The van der Waals surface area contributed by atoms with Gasteiger partial charge in [0.05, 0.1) is 19.0 Å². The number of amides is 2. The molecule has 8 nitrogen and oxygen atoms in total. The lowest BCUT2D eigenvalue weighted by atomic mass is 10.1. The third-order valence-corrected chi connectivity index (χ3v) is 4.29. The van der Waals surface area contributed by atoms with Gasteiger partial charge in [0.1, 0.15) is 11.5 Å². The zero-order valence-corrected chi connectivity index (χ0v) is 15.2. The first kappa shape index (κ1) is 18.6. The summed E-state index contributed by atoms with van der Waals surface area (Å²) in [5.41, 5.74) is 1.17. The molecule has 0 atom stereocenters. The number of benzene rings is 1. The lowest BCUT2D eigenvalue weighted by Gasteiger charge is -2.31. The Morgan fingerprint density at radius 3 is 2.52 bits per heavy atom. The number of hydrogen-bond acceptors (Lipinski definition) is 6. The van der Waals surface area contributed by atoms with Gasteiger partial charge in [-0.3, -0.25) is 4.79 Å². The minimum absolute atomic E-state index is 0.00657. The smallest absolute Gasteiger partial charge is 0.409 e. The summed E-state index contributed by atoms with van der Waals surface area (Å²) in [5, 5.41) is 6.08. The summed E-state index contributed by atoms with van der Waals surface area (Å²) < 4.78 is 5.00. The third kappa shape index (κ3) is 5.16. The van der Waals surface area contributed by atoms with Crippen molar-refractivity contribution >= 4 is 23.5 Å².